The van der Waals surface area contributed by atoms with Crippen LogP contribution in [0.3, 0.4) is 0 Å². The molecule has 0 spiro atoms. The van der Waals surface area contributed by atoms with Crippen molar-refractivity contribution in [3.8, 4) is 0 Å². The first-order chi connectivity index (χ1) is 7.19. The Bertz CT molecular complexity index is 359. The first-order valence-electron chi connectivity index (χ1n) is 5.34. The predicted octanol–water partition coefficient (Wildman–Crippen LogP) is 3.25. The Morgan fingerprint density at radius 3 is 2.60 bits per heavy atom. The predicted molar refractivity (Wildman–Crippen MR) is 60.6 cm³/mol. The third-order valence-corrected chi connectivity index (χ3v) is 3.77. The van der Waals surface area contributed by atoms with Crippen LogP contribution >= 0.6 is 11.6 Å². The average Bonchev–Trinajstić information content (AvgIpc) is 2.72. The maximum absolute atomic E-state index is 13.9. The van der Waals surface area contributed by atoms with Gasteiger partial charge in [0.05, 0.1) is 5.02 Å². The minimum Gasteiger partial charge on any atom is -0.330 e. The van der Waals surface area contributed by atoms with Gasteiger partial charge in [0.2, 0.25) is 0 Å². The van der Waals surface area contributed by atoms with Crippen LogP contribution in [-0.2, 0) is 5.41 Å². The fourth-order valence-electron chi connectivity index (χ4n) is 2.55. The third kappa shape index (κ3) is 1.77. The molecule has 0 aromatic heterocycles. The van der Waals surface area contributed by atoms with Crippen LogP contribution in [0.25, 0.3) is 0 Å². The van der Waals surface area contributed by atoms with Crippen LogP contribution in [0.1, 0.15) is 31.2 Å². The number of hydrogen-bond donors (Lipinski definition) is 1. The molecule has 82 valence electrons. The molecule has 1 aromatic rings. The van der Waals surface area contributed by atoms with E-state index in [1.54, 1.807) is 12.1 Å². The summed E-state index contributed by atoms with van der Waals surface area (Å²) in [6, 6.07) is 5.20. The van der Waals surface area contributed by atoms with Crippen molar-refractivity contribution >= 4 is 11.6 Å². The minimum absolute atomic E-state index is 0.172. The average molecular weight is 228 g/mol. The molecule has 3 heteroatoms. The van der Waals surface area contributed by atoms with E-state index in [4.69, 9.17) is 17.3 Å². The normalized spacial score (nSPS) is 19.4. The molecule has 1 fully saturated rings. The van der Waals surface area contributed by atoms with E-state index in [1.165, 1.54) is 0 Å². The second-order valence-corrected chi connectivity index (χ2v) is 4.70. The van der Waals surface area contributed by atoms with E-state index >= 15 is 0 Å². The van der Waals surface area contributed by atoms with Gasteiger partial charge in [0, 0.05) is 12.0 Å². The van der Waals surface area contributed by atoms with Crippen LogP contribution in [0.15, 0.2) is 18.2 Å². The summed E-state index contributed by atoms with van der Waals surface area (Å²) in [5.74, 6) is -0.286. The zero-order valence-corrected chi connectivity index (χ0v) is 9.36. The molecule has 1 aromatic carbocycles. The Kier molecular flexibility index (Phi) is 2.98. The molecular weight excluding hydrogens is 213 g/mol. The molecule has 1 nitrogen and oxygen atoms in total. The van der Waals surface area contributed by atoms with Gasteiger partial charge in [-0.2, -0.15) is 0 Å². The quantitative estimate of drug-likeness (QED) is 0.825. The molecule has 0 saturated heterocycles. The number of rotatable bonds is 2. The Labute approximate surface area is 94.4 Å². The van der Waals surface area contributed by atoms with Crippen LogP contribution in [0, 0.1) is 5.82 Å². The van der Waals surface area contributed by atoms with Crippen LogP contribution in [0.5, 0.6) is 0 Å². The summed E-state index contributed by atoms with van der Waals surface area (Å²) in [6.45, 7) is 0.504. The molecular formula is C12H15ClFN. The molecule has 2 N–H and O–H groups in total. The molecule has 2 rings (SSSR count). The minimum atomic E-state index is -0.286. The smallest absolute Gasteiger partial charge is 0.145 e. The lowest BCUT2D eigenvalue weighted by atomic mass is 9.79. The van der Waals surface area contributed by atoms with Gasteiger partial charge in [0.15, 0.2) is 0 Å². The van der Waals surface area contributed by atoms with Gasteiger partial charge in [0.25, 0.3) is 0 Å². The van der Waals surface area contributed by atoms with E-state index < -0.39 is 0 Å². The fourth-order valence-corrected chi connectivity index (χ4v) is 2.72. The lowest BCUT2D eigenvalue weighted by Crippen LogP contribution is -2.33. The maximum atomic E-state index is 13.9. The molecule has 1 aliphatic rings. The van der Waals surface area contributed by atoms with Gasteiger partial charge >= 0.3 is 0 Å². The summed E-state index contributed by atoms with van der Waals surface area (Å²) in [5.41, 5.74) is 6.34. The highest BCUT2D eigenvalue weighted by atomic mass is 35.5. The Morgan fingerprint density at radius 2 is 2.00 bits per heavy atom. The number of halogens is 2. The van der Waals surface area contributed by atoms with Crippen molar-refractivity contribution in [3.05, 3.63) is 34.6 Å². The fraction of sp³-hybridized carbons (Fsp3) is 0.500. The van der Waals surface area contributed by atoms with E-state index in [0.29, 0.717) is 12.1 Å². The molecule has 0 aliphatic heterocycles. The van der Waals surface area contributed by atoms with Gasteiger partial charge in [-0.1, -0.05) is 36.6 Å². The molecule has 0 amide bonds. The standard InChI is InChI=1S/C12H15ClFN/c13-10-5-3-4-9(11(10)14)12(8-15)6-1-2-7-12/h3-5H,1-2,6-8,15H2. The van der Waals surface area contributed by atoms with Crippen LogP contribution in [0.2, 0.25) is 5.02 Å². The van der Waals surface area contributed by atoms with E-state index in [9.17, 15) is 4.39 Å². The summed E-state index contributed by atoms with van der Waals surface area (Å²) in [7, 11) is 0. The van der Waals surface area contributed by atoms with Crippen molar-refractivity contribution < 1.29 is 4.39 Å². The third-order valence-electron chi connectivity index (χ3n) is 3.47. The van der Waals surface area contributed by atoms with Gasteiger partial charge < -0.3 is 5.73 Å². The van der Waals surface area contributed by atoms with Crippen molar-refractivity contribution in [2.24, 2.45) is 5.73 Å². The monoisotopic (exact) mass is 227 g/mol. The molecule has 1 aliphatic carbocycles. The van der Waals surface area contributed by atoms with Crippen molar-refractivity contribution in [1.82, 2.24) is 0 Å². The summed E-state index contributed by atoms with van der Waals surface area (Å²) < 4.78 is 13.9. The van der Waals surface area contributed by atoms with Crippen molar-refractivity contribution in [2.75, 3.05) is 6.54 Å². The Morgan fingerprint density at radius 1 is 1.33 bits per heavy atom. The van der Waals surface area contributed by atoms with E-state index in [-0.39, 0.29) is 16.3 Å². The summed E-state index contributed by atoms with van der Waals surface area (Å²) >= 11 is 5.80. The topological polar surface area (TPSA) is 26.0 Å². The van der Waals surface area contributed by atoms with E-state index in [1.807, 2.05) is 6.07 Å². The lowest BCUT2D eigenvalue weighted by Gasteiger charge is -2.28. The van der Waals surface area contributed by atoms with Crippen molar-refractivity contribution in [1.29, 1.82) is 0 Å². The molecule has 15 heavy (non-hydrogen) atoms. The van der Waals surface area contributed by atoms with E-state index in [0.717, 1.165) is 25.7 Å². The summed E-state index contributed by atoms with van der Waals surface area (Å²) in [5, 5.41) is 0.201. The molecule has 0 atom stereocenters. The molecule has 0 heterocycles. The lowest BCUT2D eigenvalue weighted by molar-refractivity contribution is 0.427. The Hall–Kier alpha value is -0.600. The van der Waals surface area contributed by atoms with E-state index in [2.05, 4.69) is 0 Å². The molecule has 0 unspecified atom stereocenters. The number of nitrogens with two attached hydrogens (primary N) is 1. The summed E-state index contributed by atoms with van der Waals surface area (Å²) in [6.07, 6.45) is 4.20. The van der Waals surface area contributed by atoms with Crippen LogP contribution in [0.4, 0.5) is 4.39 Å². The molecule has 1 saturated carbocycles. The largest absolute Gasteiger partial charge is 0.330 e. The Balaban J connectivity index is 2.47. The second kappa shape index (κ2) is 4.11. The highest BCUT2D eigenvalue weighted by Gasteiger charge is 2.36. The highest BCUT2D eigenvalue weighted by molar-refractivity contribution is 6.30. The number of benzene rings is 1. The second-order valence-electron chi connectivity index (χ2n) is 4.29. The summed E-state index contributed by atoms with van der Waals surface area (Å²) in [4.78, 5) is 0. The first kappa shape index (κ1) is 10.9. The van der Waals surface area contributed by atoms with Gasteiger partial charge in [-0.05, 0) is 24.5 Å². The molecule has 0 bridgehead atoms. The molecule has 0 radical (unpaired) electrons. The van der Waals surface area contributed by atoms with Crippen molar-refractivity contribution in [2.45, 2.75) is 31.1 Å². The van der Waals surface area contributed by atoms with Crippen molar-refractivity contribution in [3.63, 3.8) is 0 Å². The maximum Gasteiger partial charge on any atom is 0.145 e. The van der Waals surface area contributed by atoms with Crippen LogP contribution < -0.4 is 5.73 Å². The van der Waals surface area contributed by atoms with Gasteiger partial charge in [-0.25, -0.2) is 4.39 Å². The van der Waals surface area contributed by atoms with Gasteiger partial charge in [-0.3, -0.25) is 0 Å². The highest BCUT2D eigenvalue weighted by Crippen LogP contribution is 2.42. The number of hydrogen-bond acceptors (Lipinski definition) is 1. The zero-order valence-electron chi connectivity index (χ0n) is 8.60. The van der Waals surface area contributed by atoms with Crippen LogP contribution in [-0.4, -0.2) is 6.54 Å². The van der Waals surface area contributed by atoms with Gasteiger partial charge in [0.1, 0.15) is 5.82 Å². The zero-order chi connectivity index (χ0) is 10.9. The SMILES string of the molecule is NCC1(c2cccc(Cl)c2F)CCCC1. The first-order valence-corrected chi connectivity index (χ1v) is 5.72. The van der Waals surface area contributed by atoms with Gasteiger partial charge in [-0.15, -0.1) is 0 Å².